The Morgan fingerprint density at radius 2 is 1.91 bits per heavy atom. The summed E-state index contributed by atoms with van der Waals surface area (Å²) in [5.74, 6) is -0.703. The highest BCUT2D eigenvalue weighted by Gasteiger charge is 2.45. The maximum absolute atomic E-state index is 13.4. The van der Waals surface area contributed by atoms with Gasteiger partial charge in [-0.2, -0.15) is 0 Å². The molecule has 0 amide bonds. The topological polar surface area (TPSA) is 87.9 Å². The van der Waals surface area contributed by atoms with Crippen molar-refractivity contribution >= 4 is 16.9 Å². The molecule has 3 aliphatic rings. The number of nitrogens with zero attached hydrogens (tertiary/aromatic N) is 4. The van der Waals surface area contributed by atoms with Crippen LogP contribution in [0.25, 0.3) is 22.3 Å². The van der Waals surface area contributed by atoms with Crippen LogP contribution in [0.4, 0.5) is 0 Å². The van der Waals surface area contributed by atoms with Crippen molar-refractivity contribution in [1.29, 1.82) is 0 Å². The first-order chi connectivity index (χ1) is 16.8. The Kier molecular flexibility index (Phi) is 5.11. The fourth-order valence-electron chi connectivity index (χ4n) is 5.66. The van der Waals surface area contributed by atoms with E-state index in [2.05, 4.69) is 35.9 Å². The van der Waals surface area contributed by atoms with Gasteiger partial charge in [-0.15, -0.1) is 0 Å². The van der Waals surface area contributed by atoms with E-state index in [0.717, 1.165) is 54.9 Å². The fourth-order valence-corrected chi connectivity index (χ4v) is 5.66. The number of cyclic esters (lactones) is 1. The monoisotopic (exact) mass is 474 g/mol. The SMILES string of the molecule is CCC1(O)C(=O)OCc2c1cc1n(c2=O)Cc2cc3c(CN4CCN(C)CC4)c(C)ccc3nc2-1. The van der Waals surface area contributed by atoms with Gasteiger partial charge in [0.2, 0.25) is 0 Å². The van der Waals surface area contributed by atoms with Crippen LogP contribution in [0.2, 0.25) is 0 Å². The minimum absolute atomic E-state index is 0.115. The van der Waals surface area contributed by atoms with E-state index < -0.39 is 11.6 Å². The van der Waals surface area contributed by atoms with E-state index in [1.807, 2.05) is 6.07 Å². The molecular formula is C27H30N4O4. The Bertz CT molecular complexity index is 1440. The van der Waals surface area contributed by atoms with Crippen LogP contribution in [-0.4, -0.2) is 63.7 Å². The minimum atomic E-state index is -1.81. The predicted octanol–water partition coefficient (Wildman–Crippen LogP) is 2.14. The third-order valence-electron chi connectivity index (χ3n) is 8.01. The molecule has 1 aromatic carbocycles. The lowest BCUT2D eigenvalue weighted by molar-refractivity contribution is -0.172. The summed E-state index contributed by atoms with van der Waals surface area (Å²) in [5, 5.41) is 12.2. The summed E-state index contributed by atoms with van der Waals surface area (Å²) < 4.78 is 6.87. The van der Waals surface area contributed by atoms with Crippen LogP contribution in [0.3, 0.4) is 0 Å². The van der Waals surface area contributed by atoms with Gasteiger partial charge in [0.1, 0.15) is 6.61 Å². The number of aryl methyl sites for hydroxylation is 1. The Balaban J connectivity index is 1.47. The van der Waals surface area contributed by atoms with Gasteiger partial charge >= 0.3 is 5.97 Å². The van der Waals surface area contributed by atoms with Gasteiger partial charge < -0.3 is 19.3 Å². The molecular weight excluding hydrogens is 444 g/mol. The number of likely N-dealkylation sites (N-methyl/N-ethyl adjacent to an activating group) is 1. The van der Waals surface area contributed by atoms with E-state index in [0.29, 0.717) is 23.4 Å². The van der Waals surface area contributed by atoms with Crippen LogP contribution >= 0.6 is 0 Å². The zero-order valence-corrected chi connectivity index (χ0v) is 20.4. The molecule has 0 bridgehead atoms. The highest BCUT2D eigenvalue weighted by atomic mass is 16.6. The summed E-state index contributed by atoms with van der Waals surface area (Å²) in [7, 11) is 2.16. The van der Waals surface area contributed by atoms with E-state index in [9.17, 15) is 14.7 Å². The maximum atomic E-state index is 13.4. The second-order valence-electron chi connectivity index (χ2n) is 10.1. The van der Waals surface area contributed by atoms with Crippen LogP contribution in [0, 0.1) is 6.92 Å². The Morgan fingerprint density at radius 1 is 1.14 bits per heavy atom. The van der Waals surface area contributed by atoms with Gasteiger partial charge in [0.15, 0.2) is 5.60 Å². The normalized spacial score (nSPS) is 22.1. The molecule has 0 saturated carbocycles. The zero-order valence-electron chi connectivity index (χ0n) is 20.4. The number of hydrogen-bond donors (Lipinski definition) is 1. The summed E-state index contributed by atoms with van der Waals surface area (Å²) in [6, 6.07) is 8.10. The molecule has 1 unspecified atom stereocenters. The number of fused-ring (bicyclic) bond motifs is 5. The maximum Gasteiger partial charge on any atom is 0.343 e. The molecule has 1 atom stereocenters. The summed E-state index contributed by atoms with van der Waals surface area (Å²) in [4.78, 5) is 35.6. The van der Waals surface area contributed by atoms with E-state index in [-0.39, 0.29) is 18.6 Å². The van der Waals surface area contributed by atoms with Gasteiger partial charge in [-0.05, 0) is 49.7 Å². The predicted molar refractivity (Wildman–Crippen MR) is 132 cm³/mol. The number of piperazine rings is 1. The number of esters is 1. The van der Waals surface area contributed by atoms with Crippen molar-refractivity contribution in [3.63, 3.8) is 0 Å². The molecule has 2 aromatic heterocycles. The second-order valence-corrected chi connectivity index (χ2v) is 10.1. The van der Waals surface area contributed by atoms with Crippen LogP contribution in [-0.2, 0) is 34.8 Å². The van der Waals surface area contributed by atoms with Crippen molar-refractivity contribution < 1.29 is 14.6 Å². The molecule has 8 nitrogen and oxygen atoms in total. The van der Waals surface area contributed by atoms with E-state index in [1.165, 1.54) is 11.1 Å². The van der Waals surface area contributed by atoms with Gasteiger partial charge in [-0.1, -0.05) is 13.0 Å². The number of carbonyl (C=O) groups is 1. The van der Waals surface area contributed by atoms with Crippen LogP contribution in [0.15, 0.2) is 29.1 Å². The van der Waals surface area contributed by atoms with Crippen molar-refractivity contribution in [3.8, 4) is 11.4 Å². The van der Waals surface area contributed by atoms with Crippen molar-refractivity contribution in [2.75, 3.05) is 33.2 Å². The summed E-state index contributed by atoms with van der Waals surface area (Å²) in [6.07, 6.45) is 0.134. The first-order valence-electron chi connectivity index (χ1n) is 12.3. The lowest BCUT2D eigenvalue weighted by Gasteiger charge is -2.33. The lowest BCUT2D eigenvalue weighted by Crippen LogP contribution is -2.44. The van der Waals surface area contributed by atoms with Crippen molar-refractivity contribution in [2.45, 2.75) is 45.6 Å². The number of aromatic nitrogens is 2. The smallest absolute Gasteiger partial charge is 0.343 e. The zero-order chi connectivity index (χ0) is 24.5. The molecule has 0 spiro atoms. The van der Waals surface area contributed by atoms with Gasteiger partial charge in [0, 0.05) is 49.2 Å². The number of carbonyl (C=O) groups excluding carboxylic acids is 1. The molecule has 5 heterocycles. The number of ether oxygens (including phenoxy) is 1. The summed E-state index contributed by atoms with van der Waals surface area (Å²) >= 11 is 0. The van der Waals surface area contributed by atoms with Crippen LogP contribution in [0.1, 0.15) is 41.2 Å². The summed E-state index contributed by atoms with van der Waals surface area (Å²) in [5.41, 5.74) is 4.44. The minimum Gasteiger partial charge on any atom is -0.458 e. The molecule has 182 valence electrons. The number of pyridine rings is 2. The first-order valence-corrected chi connectivity index (χ1v) is 12.3. The Labute approximate surface area is 203 Å². The number of aliphatic hydroxyl groups is 1. The average Bonchev–Trinajstić information content (AvgIpc) is 3.21. The third kappa shape index (κ3) is 3.35. The van der Waals surface area contributed by atoms with Crippen molar-refractivity contribution in [2.24, 2.45) is 0 Å². The molecule has 3 aliphatic heterocycles. The quantitative estimate of drug-likeness (QED) is 0.455. The van der Waals surface area contributed by atoms with Crippen molar-refractivity contribution in [3.05, 3.63) is 62.4 Å². The van der Waals surface area contributed by atoms with Crippen LogP contribution in [0.5, 0.6) is 0 Å². The second kappa shape index (κ2) is 7.98. The molecule has 1 saturated heterocycles. The first kappa shape index (κ1) is 22.4. The van der Waals surface area contributed by atoms with Gasteiger partial charge in [-0.3, -0.25) is 9.69 Å². The Hall–Kier alpha value is -3.07. The highest BCUT2D eigenvalue weighted by molar-refractivity contribution is 5.88. The number of benzene rings is 1. The highest BCUT2D eigenvalue weighted by Crippen LogP contribution is 2.39. The number of rotatable bonds is 3. The van der Waals surface area contributed by atoms with E-state index in [4.69, 9.17) is 9.72 Å². The largest absolute Gasteiger partial charge is 0.458 e. The van der Waals surface area contributed by atoms with Crippen molar-refractivity contribution in [1.82, 2.24) is 19.4 Å². The lowest BCUT2D eigenvalue weighted by atomic mass is 9.86. The molecule has 3 aromatic rings. The summed E-state index contributed by atoms with van der Waals surface area (Å²) in [6.45, 7) is 9.25. The Morgan fingerprint density at radius 3 is 2.66 bits per heavy atom. The molecule has 0 aliphatic carbocycles. The van der Waals surface area contributed by atoms with E-state index >= 15 is 0 Å². The van der Waals surface area contributed by atoms with Crippen LogP contribution < -0.4 is 5.56 Å². The van der Waals surface area contributed by atoms with E-state index in [1.54, 1.807) is 17.6 Å². The fraction of sp³-hybridized carbons (Fsp3) is 0.444. The molecule has 6 rings (SSSR count). The van der Waals surface area contributed by atoms with Gasteiger partial charge in [-0.25, -0.2) is 9.78 Å². The standard InChI is InChI=1S/C27H30N4O4/c1-4-27(34)21-12-23-24-17(13-31(23)25(32)20(21)15-35-26(27)33)11-18-19(16(2)5-6-22(18)28-24)14-30-9-7-29(3)8-10-30/h5-6,11-12,34H,4,7-10,13-15H2,1-3H3. The number of hydrogen-bond acceptors (Lipinski definition) is 7. The molecule has 8 heteroatoms. The van der Waals surface area contributed by atoms with Gasteiger partial charge in [0.25, 0.3) is 5.56 Å². The molecule has 0 radical (unpaired) electrons. The molecule has 35 heavy (non-hydrogen) atoms. The van der Waals surface area contributed by atoms with Gasteiger partial charge in [0.05, 0.1) is 29.0 Å². The molecule has 1 fully saturated rings. The molecule has 1 N–H and O–H groups in total. The third-order valence-corrected chi connectivity index (χ3v) is 8.01. The average molecular weight is 475 g/mol.